The number of carbonyl (C=O) groups is 1. The number of piperidine rings is 1. The lowest BCUT2D eigenvalue weighted by atomic mass is 9.95. The number of aromatic nitrogens is 2. The van der Waals surface area contributed by atoms with Crippen molar-refractivity contribution in [3.63, 3.8) is 0 Å². The van der Waals surface area contributed by atoms with E-state index in [2.05, 4.69) is 15.3 Å². The van der Waals surface area contributed by atoms with Crippen LogP contribution in [-0.4, -0.2) is 28.8 Å². The topological polar surface area (TPSA) is 67.2 Å². The summed E-state index contributed by atoms with van der Waals surface area (Å²) in [6.07, 6.45) is 4.25. The highest BCUT2D eigenvalue weighted by molar-refractivity contribution is 7.09. The molecule has 0 spiro atoms. The molecule has 1 aliphatic heterocycles. The number of nitrogens with zero attached hydrogens (tertiary/aromatic N) is 3. The Balaban J connectivity index is 1.52. The lowest BCUT2D eigenvalue weighted by Crippen LogP contribution is -2.41. The lowest BCUT2D eigenvalue weighted by Gasteiger charge is -2.32. The van der Waals surface area contributed by atoms with E-state index in [9.17, 15) is 9.59 Å². The number of nitrogens with one attached hydrogen (secondary N) is 1. The molecule has 0 unspecified atom stereocenters. The zero-order valence-corrected chi connectivity index (χ0v) is 15.3. The molecule has 134 valence electrons. The van der Waals surface area contributed by atoms with Gasteiger partial charge < -0.3 is 10.2 Å². The predicted molar refractivity (Wildman–Crippen MR) is 99.9 cm³/mol. The highest BCUT2D eigenvalue weighted by Gasteiger charge is 2.25. The number of amides is 1. The third-order valence-electron chi connectivity index (χ3n) is 4.54. The van der Waals surface area contributed by atoms with Crippen LogP contribution in [0.3, 0.4) is 0 Å². The number of anilines is 1. The van der Waals surface area contributed by atoms with E-state index >= 15 is 0 Å². The Kier molecular flexibility index (Phi) is 5.86. The van der Waals surface area contributed by atoms with Crippen molar-refractivity contribution in [3.05, 3.63) is 45.0 Å². The molecule has 0 aliphatic carbocycles. The van der Waals surface area contributed by atoms with Crippen LogP contribution in [0.1, 0.15) is 31.1 Å². The molecule has 7 heteroatoms. The summed E-state index contributed by atoms with van der Waals surface area (Å²) in [5.74, 6) is 0.175. The molecule has 1 aliphatic rings. The standard InChI is InChI=1S/C18H24N4O2S/c1-2-7-22-17(23)11-15(12-20-22)21-8-5-14(6-9-21)18(24)19-13-16-4-3-10-25-16/h3-4,10-12,14H,2,5-9,13H2,1H3,(H,19,24). The molecule has 2 aromatic rings. The first kappa shape index (κ1) is 17.7. The first-order chi connectivity index (χ1) is 12.2. The van der Waals surface area contributed by atoms with Gasteiger partial charge in [0.25, 0.3) is 5.56 Å². The van der Waals surface area contributed by atoms with Gasteiger partial charge in [0, 0.05) is 36.5 Å². The maximum atomic E-state index is 12.3. The molecule has 0 bridgehead atoms. The van der Waals surface area contributed by atoms with E-state index in [-0.39, 0.29) is 17.4 Å². The average Bonchev–Trinajstić information content (AvgIpc) is 3.15. The van der Waals surface area contributed by atoms with Crippen molar-refractivity contribution in [1.29, 1.82) is 0 Å². The van der Waals surface area contributed by atoms with E-state index in [4.69, 9.17) is 0 Å². The summed E-state index contributed by atoms with van der Waals surface area (Å²) < 4.78 is 1.49. The minimum absolute atomic E-state index is 0.0460. The van der Waals surface area contributed by atoms with Crippen LogP contribution in [0.15, 0.2) is 34.6 Å². The molecule has 1 N–H and O–H groups in total. The van der Waals surface area contributed by atoms with Gasteiger partial charge >= 0.3 is 0 Å². The molecule has 1 saturated heterocycles. The van der Waals surface area contributed by atoms with Crippen molar-refractivity contribution in [1.82, 2.24) is 15.1 Å². The summed E-state index contributed by atoms with van der Waals surface area (Å²) in [5, 5.41) is 9.28. The fourth-order valence-electron chi connectivity index (χ4n) is 3.11. The Morgan fingerprint density at radius 1 is 1.40 bits per heavy atom. The van der Waals surface area contributed by atoms with Gasteiger partial charge in [-0.3, -0.25) is 9.59 Å². The van der Waals surface area contributed by atoms with Gasteiger partial charge in [-0.1, -0.05) is 13.0 Å². The fraction of sp³-hybridized carbons (Fsp3) is 0.500. The van der Waals surface area contributed by atoms with Gasteiger partial charge in [0.05, 0.1) is 18.4 Å². The third kappa shape index (κ3) is 4.48. The summed E-state index contributed by atoms with van der Waals surface area (Å²) in [6, 6.07) is 5.67. The largest absolute Gasteiger partial charge is 0.370 e. The van der Waals surface area contributed by atoms with Gasteiger partial charge in [0.1, 0.15) is 0 Å². The Hall–Kier alpha value is -2.15. The summed E-state index contributed by atoms with van der Waals surface area (Å²) in [4.78, 5) is 27.7. The zero-order chi connectivity index (χ0) is 17.6. The van der Waals surface area contributed by atoms with Crippen LogP contribution in [0.5, 0.6) is 0 Å². The number of aryl methyl sites for hydroxylation is 1. The Morgan fingerprint density at radius 3 is 2.84 bits per heavy atom. The van der Waals surface area contributed by atoms with Gasteiger partial charge in [-0.05, 0) is 30.7 Å². The molecule has 0 aromatic carbocycles. The number of rotatable bonds is 6. The monoisotopic (exact) mass is 360 g/mol. The van der Waals surface area contributed by atoms with Crippen LogP contribution in [0.25, 0.3) is 0 Å². The van der Waals surface area contributed by atoms with Crippen molar-refractivity contribution in [2.45, 2.75) is 39.3 Å². The van der Waals surface area contributed by atoms with Crippen molar-refractivity contribution in [3.8, 4) is 0 Å². The smallest absolute Gasteiger partial charge is 0.268 e. The van der Waals surface area contributed by atoms with E-state index in [1.54, 1.807) is 23.6 Å². The van der Waals surface area contributed by atoms with Crippen LogP contribution in [-0.2, 0) is 17.9 Å². The Morgan fingerprint density at radius 2 is 2.20 bits per heavy atom. The SMILES string of the molecule is CCCn1ncc(N2CCC(C(=O)NCc3cccs3)CC2)cc1=O. The molecule has 25 heavy (non-hydrogen) atoms. The van der Waals surface area contributed by atoms with Crippen molar-refractivity contribution in [2.75, 3.05) is 18.0 Å². The third-order valence-corrected chi connectivity index (χ3v) is 5.41. The van der Waals surface area contributed by atoms with Crippen molar-refractivity contribution >= 4 is 22.9 Å². The van der Waals surface area contributed by atoms with Gasteiger partial charge in [-0.15, -0.1) is 11.3 Å². The Bertz CT molecular complexity index is 749. The van der Waals surface area contributed by atoms with Crippen LogP contribution < -0.4 is 15.8 Å². The van der Waals surface area contributed by atoms with Crippen LogP contribution in [0.2, 0.25) is 0 Å². The number of thiophene rings is 1. The molecular weight excluding hydrogens is 336 g/mol. The molecule has 1 fully saturated rings. The molecule has 6 nitrogen and oxygen atoms in total. The van der Waals surface area contributed by atoms with E-state index in [0.717, 1.165) is 38.0 Å². The second kappa shape index (κ2) is 8.29. The highest BCUT2D eigenvalue weighted by atomic mass is 32.1. The summed E-state index contributed by atoms with van der Waals surface area (Å²) in [7, 11) is 0. The second-order valence-corrected chi connectivity index (χ2v) is 7.37. The maximum Gasteiger partial charge on any atom is 0.268 e. The number of hydrogen-bond donors (Lipinski definition) is 1. The fourth-order valence-corrected chi connectivity index (χ4v) is 3.75. The minimum atomic E-state index is -0.0600. The van der Waals surface area contributed by atoms with Gasteiger partial charge in [-0.25, -0.2) is 4.68 Å². The maximum absolute atomic E-state index is 12.3. The number of carbonyl (C=O) groups excluding carboxylic acids is 1. The summed E-state index contributed by atoms with van der Waals surface area (Å²) >= 11 is 1.65. The summed E-state index contributed by atoms with van der Waals surface area (Å²) in [6.45, 7) is 4.82. The van der Waals surface area contributed by atoms with E-state index in [1.165, 1.54) is 9.56 Å². The van der Waals surface area contributed by atoms with Crippen LogP contribution in [0.4, 0.5) is 5.69 Å². The quantitative estimate of drug-likeness (QED) is 0.858. The second-order valence-electron chi connectivity index (χ2n) is 6.33. The molecule has 1 amide bonds. The van der Waals surface area contributed by atoms with E-state index in [0.29, 0.717) is 13.1 Å². The number of hydrogen-bond acceptors (Lipinski definition) is 5. The average molecular weight is 360 g/mol. The summed E-state index contributed by atoms with van der Waals surface area (Å²) in [5.41, 5.74) is 0.796. The molecule has 3 heterocycles. The van der Waals surface area contributed by atoms with Gasteiger partial charge in [-0.2, -0.15) is 5.10 Å². The first-order valence-corrected chi connectivity index (χ1v) is 9.67. The van der Waals surface area contributed by atoms with Crippen molar-refractivity contribution in [2.24, 2.45) is 5.92 Å². The molecule has 2 aromatic heterocycles. The molecule has 0 radical (unpaired) electrons. The van der Waals surface area contributed by atoms with E-state index < -0.39 is 0 Å². The molecule has 0 saturated carbocycles. The van der Waals surface area contributed by atoms with Crippen LogP contribution in [0, 0.1) is 5.92 Å². The Labute approximate surface area is 151 Å². The predicted octanol–water partition coefficient (Wildman–Crippen LogP) is 2.25. The highest BCUT2D eigenvalue weighted by Crippen LogP contribution is 2.22. The molecular formula is C18H24N4O2S. The normalized spacial score (nSPS) is 15.3. The lowest BCUT2D eigenvalue weighted by molar-refractivity contribution is -0.125. The van der Waals surface area contributed by atoms with Gasteiger partial charge in [0.15, 0.2) is 0 Å². The van der Waals surface area contributed by atoms with Crippen LogP contribution >= 0.6 is 11.3 Å². The van der Waals surface area contributed by atoms with Gasteiger partial charge in [0.2, 0.25) is 5.91 Å². The zero-order valence-electron chi connectivity index (χ0n) is 14.5. The van der Waals surface area contributed by atoms with Crippen molar-refractivity contribution < 1.29 is 4.79 Å². The molecule has 3 rings (SSSR count). The first-order valence-electron chi connectivity index (χ1n) is 8.79. The minimum Gasteiger partial charge on any atom is -0.370 e. The molecule has 0 atom stereocenters. The van der Waals surface area contributed by atoms with E-state index in [1.807, 2.05) is 24.4 Å².